The van der Waals surface area contributed by atoms with Crippen LogP contribution in [-0.4, -0.2) is 28.7 Å². The largest absolute Gasteiger partial charge is 0.461 e. The predicted molar refractivity (Wildman–Crippen MR) is 77.0 cm³/mol. The fourth-order valence-corrected chi connectivity index (χ4v) is 2.65. The normalized spacial score (nSPS) is 23.1. The number of carbonyl (C=O) groups excluding carboxylic acids is 1. The summed E-state index contributed by atoms with van der Waals surface area (Å²) < 4.78 is 16.1. The van der Waals surface area contributed by atoms with Gasteiger partial charge in [-0.3, -0.25) is 0 Å². The minimum Gasteiger partial charge on any atom is -0.461 e. The third-order valence-electron chi connectivity index (χ3n) is 3.69. The van der Waals surface area contributed by atoms with Crippen molar-refractivity contribution in [3.05, 3.63) is 17.0 Å². The van der Waals surface area contributed by atoms with E-state index in [4.69, 9.17) is 14.0 Å². The molecular formula is C14H20BrNO4. The predicted octanol–water partition coefficient (Wildman–Crippen LogP) is 3.41. The minimum absolute atomic E-state index is 0.0135. The van der Waals surface area contributed by atoms with E-state index in [1.54, 1.807) is 6.92 Å². The number of hydrogen-bond donors (Lipinski definition) is 0. The number of hydrogen-bond acceptors (Lipinski definition) is 5. The van der Waals surface area contributed by atoms with Gasteiger partial charge in [0.05, 0.1) is 13.2 Å². The topological polar surface area (TPSA) is 61.6 Å². The molecule has 1 fully saturated rings. The molecule has 0 aromatic carbocycles. The van der Waals surface area contributed by atoms with E-state index in [0.29, 0.717) is 30.5 Å². The first-order valence-electron chi connectivity index (χ1n) is 6.78. The molecule has 1 aliphatic heterocycles. The molecule has 112 valence electrons. The van der Waals surface area contributed by atoms with E-state index in [0.717, 1.165) is 6.42 Å². The second-order valence-electron chi connectivity index (χ2n) is 5.56. The van der Waals surface area contributed by atoms with E-state index < -0.39 is 5.97 Å². The van der Waals surface area contributed by atoms with Crippen LogP contribution in [0.1, 0.15) is 55.1 Å². The van der Waals surface area contributed by atoms with Crippen molar-refractivity contribution in [2.45, 2.75) is 44.5 Å². The lowest BCUT2D eigenvalue weighted by molar-refractivity contribution is 0.0512. The summed E-state index contributed by atoms with van der Waals surface area (Å²) in [5.41, 5.74) is 0.952. The summed E-state index contributed by atoms with van der Waals surface area (Å²) in [6, 6.07) is 0. The summed E-state index contributed by atoms with van der Waals surface area (Å²) >= 11 is 3.67. The van der Waals surface area contributed by atoms with Gasteiger partial charge in [-0.05, 0) is 40.0 Å². The zero-order chi connectivity index (χ0) is 14.9. The van der Waals surface area contributed by atoms with Crippen LogP contribution in [0.15, 0.2) is 4.52 Å². The standard InChI is InChI=1S/C14H20BrNO4/c1-5-18-13(17)11-8(2)12(20-16-11)10-6-9(7-19-10)14(3,4)15/h9-10H,5-7H2,1-4H3/t9-,10+/m1/s1. The molecule has 1 aliphatic rings. The summed E-state index contributed by atoms with van der Waals surface area (Å²) in [6.45, 7) is 8.81. The molecule has 0 saturated carbocycles. The molecule has 0 radical (unpaired) electrons. The van der Waals surface area contributed by atoms with Crippen molar-refractivity contribution in [2.75, 3.05) is 13.2 Å². The molecule has 0 amide bonds. The van der Waals surface area contributed by atoms with Gasteiger partial charge in [0.2, 0.25) is 0 Å². The van der Waals surface area contributed by atoms with Crippen LogP contribution in [0.4, 0.5) is 0 Å². The van der Waals surface area contributed by atoms with Crippen molar-refractivity contribution in [1.82, 2.24) is 5.16 Å². The molecule has 1 saturated heterocycles. The number of esters is 1. The van der Waals surface area contributed by atoms with E-state index in [9.17, 15) is 4.79 Å². The molecule has 0 spiro atoms. The Labute approximate surface area is 127 Å². The van der Waals surface area contributed by atoms with E-state index in [1.165, 1.54) is 0 Å². The van der Waals surface area contributed by atoms with E-state index in [1.807, 2.05) is 6.92 Å². The lowest BCUT2D eigenvalue weighted by atomic mass is 9.92. The SMILES string of the molecule is CCOC(=O)c1noc([C@@H]2C[C@@H](C(C)(C)Br)CO2)c1C. The van der Waals surface area contributed by atoms with Crippen molar-refractivity contribution in [2.24, 2.45) is 5.92 Å². The molecule has 1 aromatic heterocycles. The number of rotatable bonds is 4. The number of alkyl halides is 1. The highest BCUT2D eigenvalue weighted by Crippen LogP contribution is 2.42. The average molecular weight is 346 g/mol. The molecule has 6 heteroatoms. The highest BCUT2D eigenvalue weighted by Gasteiger charge is 2.38. The molecule has 0 N–H and O–H groups in total. The van der Waals surface area contributed by atoms with E-state index in [2.05, 4.69) is 34.9 Å². The van der Waals surface area contributed by atoms with Gasteiger partial charge >= 0.3 is 5.97 Å². The molecule has 0 unspecified atom stereocenters. The van der Waals surface area contributed by atoms with Crippen LogP contribution in [0.2, 0.25) is 0 Å². The fourth-order valence-electron chi connectivity index (χ4n) is 2.33. The first-order valence-corrected chi connectivity index (χ1v) is 7.57. The van der Waals surface area contributed by atoms with E-state index in [-0.39, 0.29) is 16.1 Å². The number of ether oxygens (including phenoxy) is 2. The molecule has 0 aliphatic carbocycles. The summed E-state index contributed by atoms with van der Waals surface area (Å²) in [5, 5.41) is 3.82. The summed E-state index contributed by atoms with van der Waals surface area (Å²) in [4.78, 5) is 11.7. The van der Waals surface area contributed by atoms with Gasteiger partial charge in [0.25, 0.3) is 0 Å². The van der Waals surface area contributed by atoms with Crippen LogP contribution >= 0.6 is 15.9 Å². The third-order valence-corrected chi connectivity index (χ3v) is 4.34. The number of nitrogens with zero attached hydrogens (tertiary/aromatic N) is 1. The van der Waals surface area contributed by atoms with Gasteiger partial charge in [-0.15, -0.1) is 0 Å². The van der Waals surface area contributed by atoms with Crippen molar-refractivity contribution in [3.63, 3.8) is 0 Å². The van der Waals surface area contributed by atoms with Crippen LogP contribution in [0.5, 0.6) is 0 Å². The van der Waals surface area contributed by atoms with Crippen molar-refractivity contribution >= 4 is 21.9 Å². The lowest BCUT2D eigenvalue weighted by Gasteiger charge is -2.22. The maximum Gasteiger partial charge on any atom is 0.360 e. The average Bonchev–Trinajstić information content (AvgIpc) is 2.94. The van der Waals surface area contributed by atoms with Gasteiger partial charge in [0.1, 0.15) is 6.10 Å². The minimum atomic E-state index is -0.449. The van der Waals surface area contributed by atoms with Gasteiger partial charge < -0.3 is 14.0 Å². The molecule has 2 rings (SSSR count). The maximum atomic E-state index is 11.7. The summed E-state index contributed by atoms with van der Waals surface area (Å²) in [6.07, 6.45) is 0.698. The van der Waals surface area contributed by atoms with Crippen molar-refractivity contribution in [1.29, 1.82) is 0 Å². The molecule has 0 bridgehead atoms. The Morgan fingerprint density at radius 3 is 2.80 bits per heavy atom. The quantitative estimate of drug-likeness (QED) is 0.618. The molecule has 2 heterocycles. The molecular weight excluding hydrogens is 326 g/mol. The first kappa shape index (κ1) is 15.5. The summed E-state index contributed by atoms with van der Waals surface area (Å²) in [5.74, 6) is 0.575. The smallest absolute Gasteiger partial charge is 0.360 e. The fraction of sp³-hybridized carbons (Fsp3) is 0.714. The van der Waals surface area contributed by atoms with Crippen molar-refractivity contribution in [3.8, 4) is 0 Å². The Balaban J connectivity index is 2.14. The molecule has 1 aromatic rings. The highest BCUT2D eigenvalue weighted by atomic mass is 79.9. The van der Waals surface area contributed by atoms with Crippen LogP contribution < -0.4 is 0 Å². The zero-order valence-electron chi connectivity index (χ0n) is 12.2. The van der Waals surface area contributed by atoms with Crippen LogP contribution in [0.25, 0.3) is 0 Å². The van der Waals surface area contributed by atoms with Gasteiger partial charge in [0.15, 0.2) is 11.5 Å². The third kappa shape index (κ3) is 3.06. The molecule has 2 atom stereocenters. The maximum absolute atomic E-state index is 11.7. The van der Waals surface area contributed by atoms with Gasteiger partial charge in [0, 0.05) is 9.89 Å². The van der Waals surface area contributed by atoms with Crippen LogP contribution in [0, 0.1) is 12.8 Å². The Hall–Kier alpha value is -0.880. The lowest BCUT2D eigenvalue weighted by Crippen LogP contribution is -2.23. The summed E-state index contributed by atoms with van der Waals surface area (Å²) in [7, 11) is 0. The van der Waals surface area contributed by atoms with Gasteiger partial charge in [-0.1, -0.05) is 21.1 Å². The van der Waals surface area contributed by atoms with Crippen LogP contribution in [0.3, 0.4) is 0 Å². The Morgan fingerprint density at radius 2 is 2.25 bits per heavy atom. The zero-order valence-corrected chi connectivity index (χ0v) is 13.8. The molecule has 5 nitrogen and oxygen atoms in total. The second-order valence-corrected chi connectivity index (χ2v) is 7.60. The van der Waals surface area contributed by atoms with Crippen LogP contribution in [-0.2, 0) is 9.47 Å². The Bertz CT molecular complexity index is 492. The van der Waals surface area contributed by atoms with Crippen molar-refractivity contribution < 1.29 is 18.8 Å². The number of carbonyl (C=O) groups is 1. The molecule has 20 heavy (non-hydrogen) atoms. The van der Waals surface area contributed by atoms with Gasteiger partial charge in [-0.25, -0.2) is 4.79 Å². The number of halogens is 1. The second kappa shape index (κ2) is 5.85. The monoisotopic (exact) mass is 345 g/mol. The van der Waals surface area contributed by atoms with E-state index >= 15 is 0 Å². The number of aromatic nitrogens is 1. The highest BCUT2D eigenvalue weighted by molar-refractivity contribution is 9.10. The Morgan fingerprint density at radius 1 is 1.55 bits per heavy atom. The van der Waals surface area contributed by atoms with Gasteiger partial charge in [-0.2, -0.15) is 0 Å². The Kier molecular flexibility index (Phi) is 4.54. The first-order chi connectivity index (χ1) is 9.34.